The first-order chi connectivity index (χ1) is 12.1. The first kappa shape index (κ1) is 14.8. The van der Waals surface area contributed by atoms with E-state index in [1.54, 1.807) is 12.1 Å². The normalized spacial score (nSPS) is 10.9. The SMILES string of the molecule is O=C(O)c1cnn(-c2nc3c(-c4ccccc4)cccc3c(=O)[nH]2)c1. The fourth-order valence-electron chi connectivity index (χ4n) is 2.66. The molecule has 0 fully saturated rings. The molecule has 0 atom stereocenters. The third-order valence-corrected chi connectivity index (χ3v) is 3.86. The van der Waals surface area contributed by atoms with Gasteiger partial charge in [-0.05, 0) is 11.6 Å². The molecule has 0 bridgehead atoms. The molecule has 0 aliphatic carbocycles. The van der Waals surface area contributed by atoms with Gasteiger partial charge in [0.05, 0.1) is 22.7 Å². The van der Waals surface area contributed by atoms with Crippen LogP contribution >= 0.6 is 0 Å². The third kappa shape index (κ3) is 2.57. The van der Waals surface area contributed by atoms with Gasteiger partial charge in [-0.2, -0.15) is 5.10 Å². The second-order valence-corrected chi connectivity index (χ2v) is 5.44. The van der Waals surface area contributed by atoms with Crippen molar-refractivity contribution >= 4 is 16.9 Å². The number of aromatic carboxylic acids is 1. The lowest BCUT2D eigenvalue weighted by molar-refractivity contribution is 0.0697. The second kappa shape index (κ2) is 5.72. The lowest BCUT2D eigenvalue weighted by Crippen LogP contribution is -2.14. The molecule has 0 aliphatic heterocycles. The molecule has 2 heterocycles. The largest absolute Gasteiger partial charge is 0.478 e. The van der Waals surface area contributed by atoms with Gasteiger partial charge in [-0.1, -0.05) is 42.5 Å². The van der Waals surface area contributed by atoms with Gasteiger partial charge in [0.2, 0.25) is 5.95 Å². The first-order valence-corrected chi connectivity index (χ1v) is 7.50. The van der Waals surface area contributed by atoms with Crippen molar-refractivity contribution in [1.29, 1.82) is 0 Å². The zero-order valence-corrected chi connectivity index (χ0v) is 12.9. The van der Waals surface area contributed by atoms with Crippen LogP contribution in [0.15, 0.2) is 65.7 Å². The van der Waals surface area contributed by atoms with Crippen molar-refractivity contribution in [3.05, 3.63) is 76.8 Å². The molecule has 4 rings (SSSR count). The molecule has 122 valence electrons. The number of carboxylic acids is 1. The Morgan fingerprint density at radius 3 is 2.60 bits per heavy atom. The summed E-state index contributed by atoms with van der Waals surface area (Å²) in [6.07, 6.45) is 2.51. The maximum absolute atomic E-state index is 12.4. The van der Waals surface area contributed by atoms with Gasteiger partial charge in [0, 0.05) is 11.8 Å². The number of para-hydroxylation sites is 1. The number of aromatic amines is 1. The molecule has 4 aromatic rings. The summed E-state index contributed by atoms with van der Waals surface area (Å²) in [6.45, 7) is 0. The van der Waals surface area contributed by atoms with Crippen molar-refractivity contribution in [3.8, 4) is 17.1 Å². The smallest absolute Gasteiger partial charge is 0.338 e. The van der Waals surface area contributed by atoms with Crippen LogP contribution in [0.1, 0.15) is 10.4 Å². The highest BCUT2D eigenvalue weighted by atomic mass is 16.4. The molecule has 0 saturated carbocycles. The number of benzene rings is 2. The van der Waals surface area contributed by atoms with Crippen LogP contribution < -0.4 is 5.56 Å². The summed E-state index contributed by atoms with van der Waals surface area (Å²) in [6, 6.07) is 15.0. The van der Waals surface area contributed by atoms with Crippen LogP contribution in [0, 0.1) is 0 Å². The lowest BCUT2D eigenvalue weighted by atomic mass is 10.0. The highest BCUT2D eigenvalue weighted by Crippen LogP contribution is 2.25. The van der Waals surface area contributed by atoms with E-state index in [9.17, 15) is 9.59 Å². The van der Waals surface area contributed by atoms with Crippen LogP contribution in [0.5, 0.6) is 0 Å². The summed E-state index contributed by atoms with van der Waals surface area (Å²) in [7, 11) is 0. The minimum absolute atomic E-state index is 0.0130. The Morgan fingerprint density at radius 2 is 1.88 bits per heavy atom. The predicted molar refractivity (Wildman–Crippen MR) is 91.9 cm³/mol. The van der Waals surface area contributed by atoms with Gasteiger partial charge in [-0.15, -0.1) is 0 Å². The molecule has 0 spiro atoms. The van der Waals surface area contributed by atoms with E-state index in [0.717, 1.165) is 11.1 Å². The average Bonchev–Trinajstić information content (AvgIpc) is 3.12. The van der Waals surface area contributed by atoms with E-state index in [2.05, 4.69) is 15.1 Å². The summed E-state index contributed by atoms with van der Waals surface area (Å²) in [5.74, 6) is -0.937. The molecule has 25 heavy (non-hydrogen) atoms. The summed E-state index contributed by atoms with van der Waals surface area (Å²) in [5, 5.41) is 13.4. The molecule has 2 aromatic heterocycles. The predicted octanol–water partition coefficient (Wildman–Crippen LogP) is 2.47. The molecular weight excluding hydrogens is 320 g/mol. The first-order valence-electron chi connectivity index (χ1n) is 7.50. The number of carboxylic acid groups (broad SMARTS) is 1. The highest BCUT2D eigenvalue weighted by molar-refractivity contribution is 5.93. The van der Waals surface area contributed by atoms with Gasteiger partial charge >= 0.3 is 5.97 Å². The van der Waals surface area contributed by atoms with E-state index in [-0.39, 0.29) is 17.1 Å². The van der Waals surface area contributed by atoms with Crippen molar-refractivity contribution in [3.63, 3.8) is 0 Å². The molecule has 0 radical (unpaired) electrons. The van der Waals surface area contributed by atoms with Crippen LogP contribution in [0.4, 0.5) is 0 Å². The molecule has 0 amide bonds. The average molecular weight is 332 g/mol. The molecule has 0 unspecified atom stereocenters. The fraction of sp³-hybridized carbons (Fsp3) is 0. The minimum atomic E-state index is -1.10. The van der Waals surface area contributed by atoms with E-state index in [1.165, 1.54) is 17.1 Å². The number of rotatable bonds is 3. The van der Waals surface area contributed by atoms with E-state index >= 15 is 0 Å². The maximum atomic E-state index is 12.4. The van der Waals surface area contributed by atoms with Gasteiger partial charge in [0.15, 0.2) is 0 Å². The Balaban J connectivity index is 1.96. The number of hydrogen-bond acceptors (Lipinski definition) is 4. The Morgan fingerprint density at radius 1 is 1.08 bits per heavy atom. The lowest BCUT2D eigenvalue weighted by Gasteiger charge is -2.07. The van der Waals surface area contributed by atoms with Crippen LogP contribution in [0.3, 0.4) is 0 Å². The van der Waals surface area contributed by atoms with Crippen LogP contribution in [-0.2, 0) is 0 Å². The van der Waals surface area contributed by atoms with Crippen molar-refractivity contribution in [2.45, 2.75) is 0 Å². The van der Waals surface area contributed by atoms with Crippen molar-refractivity contribution in [2.24, 2.45) is 0 Å². The Labute approximate surface area is 141 Å². The van der Waals surface area contributed by atoms with Crippen molar-refractivity contribution in [1.82, 2.24) is 19.7 Å². The van der Waals surface area contributed by atoms with E-state index in [4.69, 9.17) is 5.11 Å². The molecule has 7 nitrogen and oxygen atoms in total. The molecule has 2 aromatic carbocycles. The minimum Gasteiger partial charge on any atom is -0.478 e. The van der Waals surface area contributed by atoms with Gasteiger partial charge in [-0.3, -0.25) is 9.78 Å². The number of H-pyrrole nitrogens is 1. The standard InChI is InChI=1S/C18H12N4O3/c23-16-14-8-4-7-13(11-5-2-1-3-6-11)15(14)20-18(21-16)22-10-12(9-19-22)17(24)25/h1-10H,(H,24,25)(H,20,21,23). The zero-order chi connectivity index (χ0) is 17.4. The summed E-state index contributed by atoms with van der Waals surface area (Å²) in [4.78, 5) is 30.6. The zero-order valence-electron chi connectivity index (χ0n) is 12.9. The number of hydrogen-bond donors (Lipinski definition) is 2. The number of nitrogens with zero attached hydrogens (tertiary/aromatic N) is 3. The fourth-order valence-corrected chi connectivity index (χ4v) is 2.66. The highest BCUT2D eigenvalue weighted by Gasteiger charge is 2.13. The third-order valence-electron chi connectivity index (χ3n) is 3.86. The van der Waals surface area contributed by atoms with Crippen molar-refractivity contribution in [2.75, 3.05) is 0 Å². The van der Waals surface area contributed by atoms with E-state index in [1.807, 2.05) is 36.4 Å². The monoisotopic (exact) mass is 332 g/mol. The number of aromatic nitrogens is 4. The quantitative estimate of drug-likeness (QED) is 0.600. The number of fused-ring (bicyclic) bond motifs is 1. The van der Waals surface area contributed by atoms with Crippen molar-refractivity contribution < 1.29 is 9.90 Å². The number of nitrogens with one attached hydrogen (secondary N) is 1. The Kier molecular flexibility index (Phi) is 3.39. The molecular formula is C18H12N4O3. The maximum Gasteiger partial charge on any atom is 0.338 e. The Bertz CT molecular complexity index is 1150. The molecule has 7 heteroatoms. The van der Waals surface area contributed by atoms with Gasteiger partial charge in [0.25, 0.3) is 5.56 Å². The molecule has 0 saturated heterocycles. The molecule has 0 aliphatic rings. The van der Waals surface area contributed by atoms with Gasteiger partial charge in [-0.25, -0.2) is 14.5 Å². The van der Waals surface area contributed by atoms with Crippen LogP contribution in [0.2, 0.25) is 0 Å². The summed E-state index contributed by atoms with van der Waals surface area (Å²) < 4.78 is 1.24. The number of carbonyl (C=O) groups is 1. The van der Waals surface area contributed by atoms with E-state index < -0.39 is 5.97 Å². The summed E-state index contributed by atoms with van der Waals surface area (Å²) >= 11 is 0. The Hall–Kier alpha value is -3.74. The second-order valence-electron chi connectivity index (χ2n) is 5.44. The van der Waals surface area contributed by atoms with Crippen LogP contribution in [0.25, 0.3) is 28.0 Å². The molecule has 2 N–H and O–H groups in total. The summed E-state index contributed by atoms with van der Waals surface area (Å²) in [5.41, 5.74) is 1.98. The van der Waals surface area contributed by atoms with Gasteiger partial charge in [0.1, 0.15) is 0 Å². The van der Waals surface area contributed by atoms with Gasteiger partial charge < -0.3 is 5.11 Å². The topological polar surface area (TPSA) is 101 Å². The van der Waals surface area contributed by atoms with Crippen LogP contribution in [-0.4, -0.2) is 30.8 Å². The van der Waals surface area contributed by atoms with E-state index in [0.29, 0.717) is 10.9 Å².